The molecule has 2 aromatic rings. The first-order valence-corrected chi connectivity index (χ1v) is 11.9. The maximum absolute atomic E-state index is 15.2. The van der Waals surface area contributed by atoms with Crippen molar-refractivity contribution in [1.29, 1.82) is 0 Å². The average molecular weight is 630 g/mol. The molecule has 0 radical (unpaired) electrons. The van der Waals surface area contributed by atoms with Gasteiger partial charge in [-0.1, -0.05) is 66.4 Å². The number of benzene rings is 2. The summed E-state index contributed by atoms with van der Waals surface area (Å²) in [6.45, 7) is 4.18. The van der Waals surface area contributed by atoms with Crippen molar-refractivity contribution in [3.63, 3.8) is 0 Å². The molecular weight excluding hydrogens is 600 g/mol. The van der Waals surface area contributed by atoms with Crippen LogP contribution in [-0.4, -0.2) is 53.4 Å². The van der Waals surface area contributed by atoms with Gasteiger partial charge in [-0.2, -0.15) is 18.2 Å². The van der Waals surface area contributed by atoms with E-state index in [0.29, 0.717) is 16.4 Å². The second-order valence-electron chi connectivity index (χ2n) is 8.54. The van der Waals surface area contributed by atoms with Gasteiger partial charge in [0, 0.05) is 31.9 Å². The van der Waals surface area contributed by atoms with Crippen molar-refractivity contribution in [2.75, 3.05) is 19.6 Å². The third-order valence-corrected chi connectivity index (χ3v) is 7.13. The van der Waals surface area contributed by atoms with Crippen LogP contribution in [0.3, 0.4) is 0 Å². The summed E-state index contributed by atoms with van der Waals surface area (Å²) in [7, 11) is 0. The number of rotatable bonds is 6. The van der Waals surface area contributed by atoms with Gasteiger partial charge in [-0.15, -0.1) is 0 Å². The number of halogens is 2. The van der Waals surface area contributed by atoms with E-state index in [4.69, 9.17) is 0 Å². The van der Waals surface area contributed by atoms with E-state index in [2.05, 4.69) is 10.0 Å². The van der Waals surface area contributed by atoms with E-state index in [1.807, 2.05) is 37.3 Å². The first kappa shape index (κ1) is 25.8. The molecular formula is C24H30F2N3OSW-. The van der Waals surface area contributed by atoms with E-state index in [1.165, 1.54) is 6.42 Å². The molecule has 2 saturated heterocycles. The molecule has 0 bridgehead atoms. The fraction of sp³-hybridized carbons (Fsp3) is 0.500. The van der Waals surface area contributed by atoms with Crippen molar-refractivity contribution in [2.24, 2.45) is 0 Å². The summed E-state index contributed by atoms with van der Waals surface area (Å²) in [5.41, 5.74) is 2.92. The molecule has 0 amide bonds. The number of aryl methyl sites for hydroxylation is 1. The molecule has 3 aliphatic rings. The summed E-state index contributed by atoms with van der Waals surface area (Å²) in [6, 6.07) is 12.0. The van der Waals surface area contributed by atoms with Crippen LogP contribution in [-0.2, 0) is 27.5 Å². The Kier molecular flexibility index (Phi) is 9.71. The SMILES string of the molecule is C1C[N-]C1.Cc1cccc(-c2cccc(CC3C(NSC4CC4)C(F)CN3O)c2F)c1.[W]. The van der Waals surface area contributed by atoms with Crippen LogP contribution in [0.4, 0.5) is 8.78 Å². The van der Waals surface area contributed by atoms with E-state index in [1.54, 1.807) is 24.1 Å². The summed E-state index contributed by atoms with van der Waals surface area (Å²) in [5, 5.41) is 15.7. The minimum Gasteiger partial charge on any atom is -0.662 e. The fourth-order valence-electron chi connectivity index (χ4n) is 3.76. The van der Waals surface area contributed by atoms with Crippen LogP contribution in [0.5, 0.6) is 0 Å². The van der Waals surface area contributed by atoms with Crippen LogP contribution >= 0.6 is 11.9 Å². The van der Waals surface area contributed by atoms with Crippen LogP contribution in [0.2, 0.25) is 0 Å². The van der Waals surface area contributed by atoms with Crippen LogP contribution in [0.25, 0.3) is 16.4 Å². The molecule has 0 spiro atoms. The zero-order valence-corrected chi connectivity index (χ0v) is 22.0. The predicted octanol–water partition coefficient (Wildman–Crippen LogP) is 5.29. The summed E-state index contributed by atoms with van der Waals surface area (Å²) in [4.78, 5) is 0. The van der Waals surface area contributed by atoms with Crippen LogP contribution in [0.1, 0.15) is 30.4 Å². The smallest absolute Gasteiger partial charge is 0.134 e. The Morgan fingerprint density at radius 1 is 1.19 bits per heavy atom. The number of hydroxylamine groups is 2. The van der Waals surface area contributed by atoms with Crippen molar-refractivity contribution in [2.45, 2.75) is 56.1 Å². The Morgan fingerprint density at radius 2 is 1.88 bits per heavy atom. The molecule has 8 heteroatoms. The van der Waals surface area contributed by atoms with Gasteiger partial charge < -0.3 is 10.5 Å². The van der Waals surface area contributed by atoms with Crippen molar-refractivity contribution in [3.8, 4) is 11.1 Å². The molecule has 2 aliphatic heterocycles. The monoisotopic (exact) mass is 630 g/mol. The summed E-state index contributed by atoms with van der Waals surface area (Å²) in [6.07, 6.45) is 2.70. The minimum absolute atomic E-state index is 0. The first-order valence-electron chi connectivity index (χ1n) is 11.0. The maximum atomic E-state index is 15.2. The molecule has 2 heterocycles. The molecule has 0 aromatic heterocycles. The normalized spacial score (nSPS) is 24.8. The topological polar surface area (TPSA) is 49.6 Å². The number of nitrogens with zero attached hydrogens (tertiary/aromatic N) is 2. The van der Waals surface area contributed by atoms with E-state index < -0.39 is 18.3 Å². The van der Waals surface area contributed by atoms with Gasteiger partial charge >= 0.3 is 0 Å². The zero-order chi connectivity index (χ0) is 21.8. The van der Waals surface area contributed by atoms with Crippen molar-refractivity contribution < 1.29 is 35.1 Å². The minimum atomic E-state index is -1.17. The second-order valence-corrected chi connectivity index (χ2v) is 9.68. The predicted molar refractivity (Wildman–Crippen MR) is 123 cm³/mol. The number of alkyl halides is 1. The van der Waals surface area contributed by atoms with Crippen LogP contribution in [0, 0.1) is 12.7 Å². The number of hydrogen-bond acceptors (Lipinski definition) is 4. The van der Waals surface area contributed by atoms with Gasteiger partial charge in [0.1, 0.15) is 12.0 Å². The van der Waals surface area contributed by atoms with E-state index in [9.17, 15) is 9.60 Å². The Bertz CT molecular complexity index is 878. The second kappa shape index (κ2) is 12.0. The molecule has 5 rings (SSSR count). The van der Waals surface area contributed by atoms with Crippen molar-refractivity contribution >= 4 is 11.9 Å². The molecule has 3 atom stereocenters. The van der Waals surface area contributed by atoms with Crippen LogP contribution in [0.15, 0.2) is 42.5 Å². The molecule has 1 aliphatic carbocycles. The van der Waals surface area contributed by atoms with Gasteiger partial charge in [0.15, 0.2) is 0 Å². The van der Waals surface area contributed by atoms with Gasteiger partial charge in [-0.25, -0.2) is 8.78 Å². The Morgan fingerprint density at radius 3 is 2.50 bits per heavy atom. The molecule has 3 unspecified atom stereocenters. The summed E-state index contributed by atoms with van der Waals surface area (Å²) in [5.74, 6) is -0.299. The Balaban J connectivity index is 0.000000522. The van der Waals surface area contributed by atoms with Gasteiger partial charge in [-0.3, -0.25) is 4.72 Å². The average Bonchev–Trinajstić information content (AvgIpc) is 3.47. The van der Waals surface area contributed by atoms with Gasteiger partial charge in [0.05, 0.1) is 18.6 Å². The molecule has 3 fully saturated rings. The molecule has 2 aromatic carbocycles. The van der Waals surface area contributed by atoms with E-state index >= 15 is 4.39 Å². The maximum Gasteiger partial charge on any atom is 0.134 e. The Hall–Kier alpha value is -0.822. The van der Waals surface area contributed by atoms with Gasteiger partial charge in [0.2, 0.25) is 0 Å². The van der Waals surface area contributed by atoms with E-state index in [-0.39, 0.29) is 39.8 Å². The third-order valence-electron chi connectivity index (χ3n) is 5.91. The van der Waals surface area contributed by atoms with Crippen LogP contribution < -0.4 is 4.72 Å². The molecule has 1 saturated carbocycles. The third kappa shape index (κ3) is 6.62. The largest absolute Gasteiger partial charge is 0.662 e. The molecule has 32 heavy (non-hydrogen) atoms. The standard InChI is InChI=1S/C21H24F2N2OS.C3H6N.W/c1-13-4-2-5-14(10-13)17-7-3-6-15(20(17)23)11-19-21(18(22)12-25(19)26)24-27-16-8-9-16;1-2-4-3-1;/h2-7,10,16,18-19,21,24,26H,8-9,11-12H2,1H3;1-3H2;/q;-1;. The first-order chi connectivity index (χ1) is 15.0. The summed E-state index contributed by atoms with van der Waals surface area (Å²) >= 11 is 1.54. The molecule has 174 valence electrons. The fourth-order valence-corrected chi connectivity index (χ4v) is 4.78. The number of nitrogens with one attached hydrogen (secondary N) is 1. The quantitative estimate of drug-likeness (QED) is 0.427. The van der Waals surface area contributed by atoms with Gasteiger partial charge in [-0.05, 0) is 37.3 Å². The Labute approximate surface area is 207 Å². The summed E-state index contributed by atoms with van der Waals surface area (Å²) < 4.78 is 32.8. The molecule has 2 N–H and O–H groups in total. The zero-order valence-electron chi connectivity index (χ0n) is 18.2. The van der Waals surface area contributed by atoms with E-state index in [0.717, 1.165) is 42.1 Å². The van der Waals surface area contributed by atoms with Crippen molar-refractivity contribution in [1.82, 2.24) is 9.79 Å². The van der Waals surface area contributed by atoms with Gasteiger partial charge in [0.25, 0.3) is 0 Å². The van der Waals surface area contributed by atoms with Crippen molar-refractivity contribution in [3.05, 3.63) is 64.7 Å². The molecule has 4 nitrogen and oxygen atoms in total. The number of hydrogen-bond donors (Lipinski definition) is 2.